The molecule has 2 heterocycles. The lowest BCUT2D eigenvalue weighted by Crippen LogP contribution is -2.17. The average molecular weight is 353 g/mol. The summed E-state index contributed by atoms with van der Waals surface area (Å²) in [4.78, 5) is 27.0. The summed E-state index contributed by atoms with van der Waals surface area (Å²) in [6.07, 6.45) is -0.752. The number of benzene rings is 1. The van der Waals surface area contributed by atoms with E-state index in [9.17, 15) is 18.4 Å². The van der Waals surface area contributed by atoms with Crippen molar-refractivity contribution >= 4 is 28.8 Å². The molecule has 1 N–H and O–H groups in total. The highest BCUT2D eigenvalue weighted by Gasteiger charge is 2.17. The number of halogens is 3. The van der Waals surface area contributed by atoms with E-state index in [0.717, 1.165) is 22.9 Å². The van der Waals surface area contributed by atoms with E-state index in [1.807, 2.05) is 0 Å². The van der Waals surface area contributed by atoms with E-state index >= 15 is 0 Å². The van der Waals surface area contributed by atoms with Crippen molar-refractivity contribution in [1.29, 1.82) is 0 Å². The summed E-state index contributed by atoms with van der Waals surface area (Å²) in [6.45, 7) is 0. The molecule has 0 saturated carbocycles. The molecule has 0 fully saturated rings. The Morgan fingerprint density at radius 3 is 2.67 bits per heavy atom. The Bertz CT molecular complexity index is 1040. The molecule has 0 amide bonds. The van der Waals surface area contributed by atoms with Crippen molar-refractivity contribution in [3.05, 3.63) is 63.5 Å². The van der Waals surface area contributed by atoms with Crippen LogP contribution in [0.4, 0.5) is 13.6 Å². The SMILES string of the molecule is O=C(O)Oc1cn(-c2ccc(F)cc2F)c2nc(Cl)ccc2c1=O. The Labute approximate surface area is 137 Å². The number of hydrogen-bond donors (Lipinski definition) is 1. The Morgan fingerprint density at radius 1 is 1.25 bits per heavy atom. The standard InChI is InChI=1S/C15H7ClF2N2O4/c16-12-4-2-8-13(21)11(24-15(22)23)6-20(14(8)19-12)10-3-1-7(17)5-9(10)18/h1-6H,(H,22,23). The molecule has 0 saturated heterocycles. The van der Waals surface area contributed by atoms with Gasteiger partial charge in [0.15, 0.2) is 5.75 Å². The van der Waals surface area contributed by atoms with Gasteiger partial charge in [-0.1, -0.05) is 11.6 Å². The number of rotatable bonds is 2. The molecule has 0 aliphatic carbocycles. The van der Waals surface area contributed by atoms with Gasteiger partial charge in [-0.3, -0.25) is 9.36 Å². The second kappa shape index (κ2) is 5.89. The lowest BCUT2D eigenvalue weighted by molar-refractivity contribution is 0.144. The zero-order valence-electron chi connectivity index (χ0n) is 11.7. The molecule has 0 spiro atoms. The first-order chi connectivity index (χ1) is 11.4. The predicted molar refractivity (Wildman–Crippen MR) is 80.9 cm³/mol. The van der Waals surface area contributed by atoms with Crippen molar-refractivity contribution < 1.29 is 23.4 Å². The van der Waals surface area contributed by atoms with Gasteiger partial charge < -0.3 is 9.84 Å². The van der Waals surface area contributed by atoms with Crippen molar-refractivity contribution in [2.75, 3.05) is 0 Å². The third-order valence-electron chi connectivity index (χ3n) is 3.15. The van der Waals surface area contributed by atoms with E-state index in [4.69, 9.17) is 16.7 Å². The van der Waals surface area contributed by atoms with Gasteiger partial charge in [0.2, 0.25) is 5.43 Å². The topological polar surface area (TPSA) is 81.4 Å². The summed E-state index contributed by atoms with van der Waals surface area (Å²) < 4.78 is 32.7. The Balaban J connectivity index is 2.40. The smallest absolute Gasteiger partial charge is 0.449 e. The fraction of sp³-hybridized carbons (Fsp3) is 0. The molecule has 24 heavy (non-hydrogen) atoms. The quantitative estimate of drug-likeness (QED) is 0.565. The molecule has 9 heteroatoms. The van der Waals surface area contributed by atoms with Gasteiger partial charge in [0.1, 0.15) is 22.4 Å². The van der Waals surface area contributed by atoms with Gasteiger partial charge in [0, 0.05) is 6.07 Å². The number of carboxylic acid groups (broad SMARTS) is 1. The van der Waals surface area contributed by atoms with Crippen LogP contribution in [0.5, 0.6) is 5.75 Å². The summed E-state index contributed by atoms with van der Waals surface area (Å²) in [5.74, 6) is -2.29. The third kappa shape index (κ3) is 2.79. The van der Waals surface area contributed by atoms with Gasteiger partial charge in [0.25, 0.3) is 0 Å². The number of carbonyl (C=O) groups is 1. The van der Waals surface area contributed by atoms with Gasteiger partial charge in [-0.05, 0) is 24.3 Å². The Kier molecular flexibility index (Phi) is 3.90. The number of ether oxygens (including phenoxy) is 1. The molecule has 6 nitrogen and oxygen atoms in total. The maximum atomic E-state index is 14.1. The zero-order chi connectivity index (χ0) is 17.4. The second-order valence-corrected chi connectivity index (χ2v) is 5.05. The van der Waals surface area contributed by atoms with Crippen LogP contribution in [0.25, 0.3) is 16.7 Å². The normalized spacial score (nSPS) is 10.8. The van der Waals surface area contributed by atoms with Crippen molar-refractivity contribution in [3.63, 3.8) is 0 Å². The lowest BCUT2D eigenvalue weighted by atomic mass is 10.2. The third-order valence-corrected chi connectivity index (χ3v) is 3.36. The van der Waals surface area contributed by atoms with Crippen molar-refractivity contribution in [2.45, 2.75) is 0 Å². The number of nitrogens with zero attached hydrogens (tertiary/aromatic N) is 2. The maximum Gasteiger partial charge on any atom is 0.511 e. The minimum Gasteiger partial charge on any atom is -0.449 e. The summed E-state index contributed by atoms with van der Waals surface area (Å²) >= 11 is 5.81. The number of hydrogen-bond acceptors (Lipinski definition) is 4. The van der Waals surface area contributed by atoms with E-state index in [0.29, 0.717) is 6.07 Å². The van der Waals surface area contributed by atoms with E-state index in [-0.39, 0.29) is 21.9 Å². The lowest BCUT2D eigenvalue weighted by Gasteiger charge is -2.13. The monoisotopic (exact) mass is 352 g/mol. The molecular formula is C15H7ClF2N2O4. The van der Waals surface area contributed by atoms with Crippen LogP contribution in [-0.4, -0.2) is 20.8 Å². The molecule has 0 bridgehead atoms. The van der Waals surface area contributed by atoms with Crippen LogP contribution in [-0.2, 0) is 0 Å². The summed E-state index contributed by atoms with van der Waals surface area (Å²) in [7, 11) is 0. The van der Waals surface area contributed by atoms with Crippen LogP contribution in [0.15, 0.2) is 41.3 Å². The molecule has 2 aromatic heterocycles. The second-order valence-electron chi connectivity index (χ2n) is 4.66. The number of fused-ring (bicyclic) bond motifs is 1. The van der Waals surface area contributed by atoms with E-state index in [1.54, 1.807) is 0 Å². The first-order valence-corrected chi connectivity index (χ1v) is 6.83. The largest absolute Gasteiger partial charge is 0.511 e. The highest BCUT2D eigenvalue weighted by molar-refractivity contribution is 6.29. The van der Waals surface area contributed by atoms with Crippen LogP contribution in [0.2, 0.25) is 5.15 Å². The van der Waals surface area contributed by atoms with Gasteiger partial charge in [-0.15, -0.1) is 0 Å². The molecule has 1 aromatic carbocycles. The van der Waals surface area contributed by atoms with Crippen LogP contribution in [0.3, 0.4) is 0 Å². The molecule has 3 aromatic rings. The summed E-state index contributed by atoms with van der Waals surface area (Å²) in [6, 6.07) is 5.38. The molecule has 3 rings (SSSR count). The summed E-state index contributed by atoms with van der Waals surface area (Å²) in [5, 5.41) is 8.72. The van der Waals surface area contributed by atoms with Crippen LogP contribution >= 0.6 is 11.6 Å². The first kappa shape index (κ1) is 15.9. The Hall–Kier alpha value is -3.00. The Morgan fingerprint density at radius 2 is 2.00 bits per heavy atom. The van der Waals surface area contributed by atoms with Gasteiger partial charge >= 0.3 is 6.16 Å². The van der Waals surface area contributed by atoms with Crippen LogP contribution in [0, 0.1) is 11.6 Å². The molecule has 0 atom stereocenters. The molecule has 0 aliphatic heterocycles. The van der Waals surface area contributed by atoms with Crippen LogP contribution in [0.1, 0.15) is 0 Å². The number of aromatic nitrogens is 2. The average Bonchev–Trinajstić information content (AvgIpc) is 2.50. The van der Waals surface area contributed by atoms with Gasteiger partial charge in [-0.2, -0.15) is 0 Å². The van der Waals surface area contributed by atoms with E-state index in [2.05, 4.69) is 9.72 Å². The highest BCUT2D eigenvalue weighted by atomic mass is 35.5. The summed E-state index contributed by atoms with van der Waals surface area (Å²) in [5.41, 5.74) is -0.947. The highest BCUT2D eigenvalue weighted by Crippen LogP contribution is 2.23. The number of pyridine rings is 2. The van der Waals surface area contributed by atoms with Gasteiger partial charge in [-0.25, -0.2) is 18.6 Å². The van der Waals surface area contributed by atoms with E-state index < -0.39 is 29.0 Å². The molecule has 0 radical (unpaired) electrons. The molecule has 0 unspecified atom stereocenters. The first-order valence-electron chi connectivity index (χ1n) is 6.45. The maximum absolute atomic E-state index is 14.1. The predicted octanol–water partition coefficient (Wildman–Crippen LogP) is 3.37. The fourth-order valence-corrected chi connectivity index (χ4v) is 2.33. The minimum absolute atomic E-state index is 0.0317. The molecule has 0 aliphatic rings. The van der Waals surface area contributed by atoms with Crippen LogP contribution < -0.4 is 10.2 Å². The van der Waals surface area contributed by atoms with Crippen molar-refractivity contribution in [2.24, 2.45) is 0 Å². The molecule has 122 valence electrons. The zero-order valence-corrected chi connectivity index (χ0v) is 12.4. The van der Waals surface area contributed by atoms with E-state index in [1.165, 1.54) is 12.1 Å². The molecular weight excluding hydrogens is 346 g/mol. The van der Waals surface area contributed by atoms with Gasteiger partial charge in [0.05, 0.1) is 17.3 Å². The minimum atomic E-state index is -1.71. The van der Waals surface area contributed by atoms with Crippen molar-refractivity contribution in [3.8, 4) is 11.4 Å². The fourth-order valence-electron chi connectivity index (χ4n) is 2.18. The van der Waals surface area contributed by atoms with Crippen molar-refractivity contribution in [1.82, 2.24) is 9.55 Å².